The van der Waals surface area contributed by atoms with E-state index in [2.05, 4.69) is 24.1 Å². The molecule has 5 nitrogen and oxygen atoms in total. The molecule has 0 aliphatic heterocycles. The zero-order chi connectivity index (χ0) is 25.4. The first-order chi connectivity index (χ1) is 16.9. The number of nitrogens with one attached hydrogen (secondary N) is 2. The molecule has 0 spiro atoms. The van der Waals surface area contributed by atoms with Crippen LogP contribution >= 0.6 is 0 Å². The molecule has 0 bridgehead atoms. The number of alkyl halides is 2. The maximum atomic E-state index is 14.2. The van der Waals surface area contributed by atoms with E-state index in [-0.39, 0.29) is 5.56 Å². The summed E-state index contributed by atoms with van der Waals surface area (Å²) in [5, 5.41) is 12.2. The third-order valence-corrected chi connectivity index (χ3v) is 6.94. The van der Waals surface area contributed by atoms with Gasteiger partial charge in [-0.2, -0.15) is 0 Å². The average molecular weight is 484 g/mol. The smallest absolute Gasteiger partial charge is 0.264 e. The summed E-state index contributed by atoms with van der Waals surface area (Å²) in [6, 6.07) is 3.61. The Labute approximate surface area is 207 Å². The van der Waals surface area contributed by atoms with Crippen LogP contribution in [-0.2, 0) is 0 Å². The highest BCUT2D eigenvalue weighted by molar-refractivity contribution is 6.08. The molecule has 0 radical (unpaired) electrons. The minimum atomic E-state index is -2.66. The van der Waals surface area contributed by atoms with Crippen LogP contribution in [0.15, 0.2) is 35.1 Å². The van der Waals surface area contributed by atoms with Crippen molar-refractivity contribution in [2.24, 2.45) is 10.7 Å². The fourth-order valence-corrected chi connectivity index (χ4v) is 5.13. The van der Waals surface area contributed by atoms with E-state index in [1.54, 1.807) is 25.5 Å². The average Bonchev–Trinajstić information content (AvgIpc) is 2.87. The number of aromatic nitrogens is 1. The predicted molar refractivity (Wildman–Crippen MR) is 143 cm³/mol. The second-order valence-electron chi connectivity index (χ2n) is 9.38. The van der Waals surface area contributed by atoms with Gasteiger partial charge in [0.1, 0.15) is 0 Å². The molecule has 1 fully saturated rings. The minimum absolute atomic E-state index is 0.0656. The highest BCUT2D eigenvalue weighted by atomic mass is 19.3. The first-order valence-electron chi connectivity index (χ1n) is 12.9. The second kappa shape index (κ2) is 12.9. The van der Waals surface area contributed by atoms with Gasteiger partial charge in [0.15, 0.2) is 0 Å². The van der Waals surface area contributed by atoms with Gasteiger partial charge in [-0.05, 0) is 61.4 Å². The van der Waals surface area contributed by atoms with E-state index >= 15 is 0 Å². The lowest BCUT2D eigenvalue weighted by atomic mass is 9.89. The first-order valence-corrected chi connectivity index (χ1v) is 12.9. The van der Waals surface area contributed by atoms with Gasteiger partial charge in [-0.3, -0.25) is 9.98 Å². The maximum absolute atomic E-state index is 14.2. The van der Waals surface area contributed by atoms with Crippen LogP contribution in [0.4, 0.5) is 8.78 Å². The van der Waals surface area contributed by atoms with E-state index in [0.29, 0.717) is 41.2 Å². The summed E-state index contributed by atoms with van der Waals surface area (Å²) in [4.78, 5) is 9.55. The molecule has 1 aromatic carbocycles. The van der Waals surface area contributed by atoms with Crippen LogP contribution in [-0.4, -0.2) is 36.5 Å². The van der Waals surface area contributed by atoms with Gasteiger partial charge in [-0.1, -0.05) is 39.5 Å². The molecule has 1 aliphatic carbocycles. The van der Waals surface area contributed by atoms with Gasteiger partial charge in [0.25, 0.3) is 6.43 Å². The highest BCUT2D eigenvalue weighted by Gasteiger charge is 2.22. The monoisotopic (exact) mass is 483 g/mol. The Morgan fingerprint density at radius 1 is 1.20 bits per heavy atom. The molecule has 2 aromatic rings. The number of nitrogens with two attached hydrogens (primary N) is 1. The van der Waals surface area contributed by atoms with Gasteiger partial charge < -0.3 is 16.5 Å². The van der Waals surface area contributed by atoms with E-state index < -0.39 is 12.3 Å². The van der Waals surface area contributed by atoms with E-state index in [1.165, 1.54) is 31.5 Å². The van der Waals surface area contributed by atoms with Gasteiger partial charge in [0.05, 0.1) is 6.04 Å². The van der Waals surface area contributed by atoms with Crippen molar-refractivity contribution >= 4 is 28.4 Å². The van der Waals surface area contributed by atoms with Crippen molar-refractivity contribution in [3.63, 3.8) is 0 Å². The molecule has 190 valence electrons. The summed E-state index contributed by atoms with van der Waals surface area (Å²) in [6.45, 7) is 4.62. The standard InChI is InChI=1S/C28H39F2N5/c1-4-9-26(35-20-10-7-6-8-11-20)21(5-2)27(32)25-17-34-16-18-12-22(19(14-31)15-33-3)24(28(29)30)13-23(18)25/h12-14,16-17,19-20,28,31,33H,4-11,15,32H2,1-3H3. The van der Waals surface area contributed by atoms with E-state index in [9.17, 15) is 8.78 Å². The number of rotatable bonds is 11. The third kappa shape index (κ3) is 6.31. The Bertz CT molecular complexity index is 1070. The molecule has 1 atom stereocenters. The van der Waals surface area contributed by atoms with Crippen molar-refractivity contribution in [2.45, 2.75) is 83.6 Å². The topological polar surface area (TPSA) is 87.2 Å². The molecule has 0 amide bonds. The van der Waals surface area contributed by atoms with Crippen LogP contribution < -0.4 is 11.1 Å². The summed E-state index contributed by atoms with van der Waals surface area (Å²) in [6.07, 6.45) is 10.4. The van der Waals surface area contributed by atoms with Gasteiger partial charge in [-0.15, -0.1) is 0 Å². The van der Waals surface area contributed by atoms with Crippen LogP contribution in [0, 0.1) is 5.41 Å². The largest absolute Gasteiger partial charge is 0.398 e. The molecule has 1 unspecified atom stereocenters. The van der Waals surface area contributed by atoms with Crippen LogP contribution in [0.5, 0.6) is 0 Å². The number of hydrogen-bond acceptors (Lipinski definition) is 5. The Kier molecular flexibility index (Phi) is 9.90. The van der Waals surface area contributed by atoms with Crippen molar-refractivity contribution < 1.29 is 8.78 Å². The molecule has 35 heavy (non-hydrogen) atoms. The zero-order valence-electron chi connectivity index (χ0n) is 21.2. The van der Waals surface area contributed by atoms with Gasteiger partial charge in [0, 0.05) is 59.0 Å². The van der Waals surface area contributed by atoms with E-state index in [0.717, 1.165) is 42.4 Å². The summed E-state index contributed by atoms with van der Waals surface area (Å²) >= 11 is 0. The number of hydrogen-bond donors (Lipinski definition) is 3. The van der Waals surface area contributed by atoms with E-state index in [4.69, 9.17) is 16.1 Å². The number of allylic oxidation sites excluding steroid dienone is 1. The lowest BCUT2D eigenvalue weighted by Crippen LogP contribution is -2.19. The third-order valence-electron chi connectivity index (χ3n) is 6.94. The summed E-state index contributed by atoms with van der Waals surface area (Å²) in [5.41, 5.74) is 10.4. The molecule has 1 heterocycles. The van der Waals surface area contributed by atoms with Crippen LogP contribution in [0.3, 0.4) is 0 Å². The highest BCUT2D eigenvalue weighted by Crippen LogP contribution is 2.35. The van der Waals surface area contributed by atoms with Crippen molar-refractivity contribution in [3.05, 3.63) is 46.8 Å². The molecule has 0 saturated heterocycles. The number of likely N-dealkylation sites (N-methyl/N-ethyl adjacent to an activating group) is 1. The summed E-state index contributed by atoms with van der Waals surface area (Å²) in [7, 11) is 1.75. The molecule has 1 aliphatic rings. The Morgan fingerprint density at radius 3 is 2.54 bits per heavy atom. The Balaban J connectivity index is 2.18. The number of aliphatic imine (C=N–C) groups is 1. The molecule has 7 heteroatoms. The Morgan fingerprint density at radius 2 is 1.94 bits per heavy atom. The van der Waals surface area contributed by atoms with Gasteiger partial charge in [0.2, 0.25) is 0 Å². The number of benzene rings is 1. The predicted octanol–water partition coefficient (Wildman–Crippen LogP) is 6.78. The molecule has 3 rings (SSSR count). The molecule has 4 N–H and O–H groups in total. The lowest BCUT2D eigenvalue weighted by molar-refractivity contribution is 0.150. The fraction of sp³-hybridized carbons (Fsp3) is 0.536. The Hall–Kier alpha value is -2.67. The first kappa shape index (κ1) is 26.9. The van der Waals surface area contributed by atoms with Crippen molar-refractivity contribution in [1.82, 2.24) is 10.3 Å². The molecular formula is C28H39F2N5. The molecule has 1 saturated carbocycles. The second-order valence-corrected chi connectivity index (χ2v) is 9.38. The molecule has 1 aromatic heterocycles. The minimum Gasteiger partial charge on any atom is -0.398 e. The van der Waals surface area contributed by atoms with Gasteiger partial charge in [-0.25, -0.2) is 8.78 Å². The van der Waals surface area contributed by atoms with Crippen LogP contribution in [0.25, 0.3) is 16.5 Å². The summed E-state index contributed by atoms with van der Waals surface area (Å²) < 4.78 is 28.3. The quantitative estimate of drug-likeness (QED) is 0.308. The SMILES string of the molecule is CCCC(=NC1CCCCC1)C(CC)=C(N)c1cncc2cc(C(C=N)CNC)c(C(F)F)cc12. The fourth-order valence-electron chi connectivity index (χ4n) is 5.13. The zero-order valence-corrected chi connectivity index (χ0v) is 21.2. The number of nitrogens with zero attached hydrogens (tertiary/aromatic N) is 2. The summed E-state index contributed by atoms with van der Waals surface area (Å²) in [5.74, 6) is -0.449. The van der Waals surface area contributed by atoms with Crippen molar-refractivity contribution in [1.29, 1.82) is 5.41 Å². The number of fused-ring (bicyclic) bond motifs is 1. The molecular weight excluding hydrogens is 444 g/mol. The number of pyridine rings is 1. The lowest BCUT2D eigenvalue weighted by Gasteiger charge is -2.22. The maximum Gasteiger partial charge on any atom is 0.264 e. The van der Waals surface area contributed by atoms with Crippen molar-refractivity contribution in [3.8, 4) is 0 Å². The van der Waals surface area contributed by atoms with Gasteiger partial charge >= 0.3 is 0 Å². The van der Waals surface area contributed by atoms with E-state index in [1.807, 2.05) is 0 Å². The number of halogens is 2. The van der Waals surface area contributed by atoms with Crippen LogP contribution in [0.1, 0.15) is 94.2 Å². The van der Waals surface area contributed by atoms with Crippen molar-refractivity contribution in [2.75, 3.05) is 13.6 Å². The van der Waals surface area contributed by atoms with Crippen LogP contribution in [0.2, 0.25) is 0 Å². The normalized spacial score (nSPS) is 17.0.